The Labute approximate surface area is 112 Å². The van der Waals surface area contributed by atoms with Gasteiger partial charge in [-0.15, -0.1) is 11.3 Å². The van der Waals surface area contributed by atoms with Crippen molar-refractivity contribution in [2.75, 3.05) is 17.7 Å². The van der Waals surface area contributed by atoms with Gasteiger partial charge in [-0.2, -0.15) is 0 Å². The maximum absolute atomic E-state index is 5.80. The van der Waals surface area contributed by atoms with Gasteiger partial charge in [-0.25, -0.2) is 4.98 Å². The maximum atomic E-state index is 5.80. The standard InChI is InChI=1S/C14H19N3S/c1-10-7-14(16-9-13(10)15)17(3)11(2)8-12-5-4-6-18-12/h4-7,9,11H,8,15H2,1-3H3. The summed E-state index contributed by atoms with van der Waals surface area (Å²) < 4.78 is 0. The van der Waals surface area contributed by atoms with E-state index in [-0.39, 0.29) is 0 Å². The molecule has 0 saturated heterocycles. The Morgan fingerprint density at radius 3 is 2.89 bits per heavy atom. The van der Waals surface area contributed by atoms with Crippen LogP contribution in [0.2, 0.25) is 0 Å². The number of aryl methyl sites for hydroxylation is 1. The average Bonchev–Trinajstić information content (AvgIpc) is 2.84. The van der Waals surface area contributed by atoms with Crippen molar-refractivity contribution in [3.63, 3.8) is 0 Å². The fourth-order valence-electron chi connectivity index (χ4n) is 1.83. The molecule has 2 N–H and O–H groups in total. The van der Waals surface area contributed by atoms with Gasteiger partial charge in [-0.1, -0.05) is 6.07 Å². The molecule has 0 radical (unpaired) electrons. The van der Waals surface area contributed by atoms with Crippen LogP contribution in [0, 0.1) is 6.92 Å². The fourth-order valence-corrected chi connectivity index (χ4v) is 2.65. The Bertz CT molecular complexity index is 508. The average molecular weight is 261 g/mol. The minimum Gasteiger partial charge on any atom is -0.397 e. The fraction of sp³-hybridized carbons (Fsp3) is 0.357. The number of rotatable bonds is 4. The Morgan fingerprint density at radius 2 is 2.28 bits per heavy atom. The lowest BCUT2D eigenvalue weighted by Crippen LogP contribution is -2.31. The van der Waals surface area contributed by atoms with Gasteiger partial charge in [0.2, 0.25) is 0 Å². The molecule has 2 aromatic rings. The first kappa shape index (κ1) is 12.9. The lowest BCUT2D eigenvalue weighted by atomic mass is 10.1. The van der Waals surface area contributed by atoms with Crippen molar-refractivity contribution in [3.8, 4) is 0 Å². The van der Waals surface area contributed by atoms with Crippen LogP contribution in [0.1, 0.15) is 17.4 Å². The molecule has 0 aliphatic heterocycles. The lowest BCUT2D eigenvalue weighted by Gasteiger charge is -2.26. The van der Waals surface area contributed by atoms with Crippen LogP contribution in [0.4, 0.5) is 11.5 Å². The van der Waals surface area contributed by atoms with E-state index in [1.165, 1.54) is 4.88 Å². The molecule has 0 aliphatic carbocycles. The van der Waals surface area contributed by atoms with Crippen molar-refractivity contribution in [2.24, 2.45) is 0 Å². The molecule has 3 nitrogen and oxygen atoms in total. The van der Waals surface area contributed by atoms with Gasteiger partial charge in [0.05, 0.1) is 11.9 Å². The van der Waals surface area contributed by atoms with Gasteiger partial charge < -0.3 is 10.6 Å². The minimum absolute atomic E-state index is 0.416. The second kappa shape index (κ2) is 5.40. The van der Waals surface area contributed by atoms with E-state index in [9.17, 15) is 0 Å². The van der Waals surface area contributed by atoms with Crippen LogP contribution >= 0.6 is 11.3 Å². The van der Waals surface area contributed by atoms with Crippen molar-refractivity contribution < 1.29 is 0 Å². The minimum atomic E-state index is 0.416. The van der Waals surface area contributed by atoms with Crippen LogP contribution in [0.5, 0.6) is 0 Å². The number of anilines is 2. The predicted molar refractivity (Wildman–Crippen MR) is 79.3 cm³/mol. The van der Waals surface area contributed by atoms with E-state index in [0.717, 1.165) is 23.5 Å². The van der Waals surface area contributed by atoms with Crippen LogP contribution < -0.4 is 10.6 Å². The second-order valence-corrected chi connectivity index (χ2v) is 5.67. The molecular formula is C14H19N3S. The molecule has 0 amide bonds. The van der Waals surface area contributed by atoms with Crippen LogP contribution in [-0.4, -0.2) is 18.1 Å². The van der Waals surface area contributed by atoms with Crippen molar-refractivity contribution in [2.45, 2.75) is 26.3 Å². The Morgan fingerprint density at radius 1 is 1.50 bits per heavy atom. The Balaban J connectivity index is 2.10. The SMILES string of the molecule is Cc1cc(N(C)C(C)Cc2cccs2)ncc1N. The van der Waals surface area contributed by atoms with E-state index < -0.39 is 0 Å². The molecule has 0 fully saturated rings. The van der Waals surface area contributed by atoms with Crippen LogP contribution in [-0.2, 0) is 6.42 Å². The molecule has 2 rings (SSSR count). The number of aromatic nitrogens is 1. The molecule has 1 atom stereocenters. The molecule has 2 aromatic heterocycles. The molecule has 0 bridgehead atoms. The summed E-state index contributed by atoms with van der Waals surface area (Å²) in [5.41, 5.74) is 7.62. The van der Waals surface area contributed by atoms with Gasteiger partial charge >= 0.3 is 0 Å². The number of nitrogens with two attached hydrogens (primary N) is 1. The summed E-state index contributed by atoms with van der Waals surface area (Å²) in [4.78, 5) is 8.00. The molecule has 18 heavy (non-hydrogen) atoms. The van der Waals surface area contributed by atoms with Gasteiger partial charge in [0.1, 0.15) is 5.82 Å². The van der Waals surface area contributed by atoms with Crippen molar-refractivity contribution in [3.05, 3.63) is 40.2 Å². The highest BCUT2D eigenvalue weighted by atomic mass is 32.1. The van der Waals surface area contributed by atoms with E-state index in [4.69, 9.17) is 5.73 Å². The molecular weight excluding hydrogens is 242 g/mol. The van der Waals surface area contributed by atoms with E-state index in [0.29, 0.717) is 6.04 Å². The molecule has 0 spiro atoms. The van der Waals surface area contributed by atoms with Crippen LogP contribution in [0.15, 0.2) is 29.8 Å². The quantitative estimate of drug-likeness (QED) is 0.919. The summed E-state index contributed by atoms with van der Waals surface area (Å²) in [6.07, 6.45) is 2.78. The molecule has 0 aliphatic rings. The zero-order chi connectivity index (χ0) is 13.1. The van der Waals surface area contributed by atoms with Gasteiger partial charge in [0, 0.05) is 24.4 Å². The van der Waals surface area contributed by atoms with Crippen molar-refractivity contribution >= 4 is 22.8 Å². The molecule has 4 heteroatoms. The second-order valence-electron chi connectivity index (χ2n) is 4.64. The van der Waals surface area contributed by atoms with E-state index >= 15 is 0 Å². The molecule has 0 aromatic carbocycles. The summed E-state index contributed by atoms with van der Waals surface area (Å²) in [5.74, 6) is 0.978. The van der Waals surface area contributed by atoms with Crippen molar-refractivity contribution in [1.82, 2.24) is 4.98 Å². The number of nitrogens with zero attached hydrogens (tertiary/aromatic N) is 2. The molecule has 96 valence electrons. The highest BCUT2D eigenvalue weighted by Gasteiger charge is 2.13. The first-order valence-electron chi connectivity index (χ1n) is 6.05. The van der Waals surface area contributed by atoms with Gasteiger partial charge in [0.25, 0.3) is 0 Å². The van der Waals surface area contributed by atoms with Gasteiger partial charge in [-0.3, -0.25) is 0 Å². The lowest BCUT2D eigenvalue weighted by molar-refractivity contribution is 0.680. The van der Waals surface area contributed by atoms with Gasteiger partial charge in [0.15, 0.2) is 0 Å². The monoisotopic (exact) mass is 261 g/mol. The van der Waals surface area contributed by atoms with Crippen LogP contribution in [0.25, 0.3) is 0 Å². The molecule has 1 unspecified atom stereocenters. The van der Waals surface area contributed by atoms with E-state index in [1.54, 1.807) is 17.5 Å². The number of likely N-dealkylation sites (N-methyl/N-ethyl adjacent to an activating group) is 1. The number of hydrogen-bond acceptors (Lipinski definition) is 4. The number of nitrogen functional groups attached to an aromatic ring is 1. The first-order valence-corrected chi connectivity index (χ1v) is 6.93. The summed E-state index contributed by atoms with van der Waals surface area (Å²) >= 11 is 1.80. The Hall–Kier alpha value is -1.55. The topological polar surface area (TPSA) is 42.2 Å². The first-order chi connectivity index (χ1) is 8.58. The van der Waals surface area contributed by atoms with Crippen LogP contribution in [0.3, 0.4) is 0 Å². The smallest absolute Gasteiger partial charge is 0.128 e. The van der Waals surface area contributed by atoms with Gasteiger partial charge in [-0.05, 0) is 36.9 Å². The zero-order valence-corrected chi connectivity index (χ0v) is 11.9. The normalized spacial score (nSPS) is 12.4. The highest BCUT2D eigenvalue weighted by molar-refractivity contribution is 7.09. The maximum Gasteiger partial charge on any atom is 0.128 e. The summed E-state index contributed by atoms with van der Waals surface area (Å²) in [5, 5.41) is 2.12. The Kier molecular flexibility index (Phi) is 3.87. The zero-order valence-electron chi connectivity index (χ0n) is 11.1. The number of pyridine rings is 1. The van der Waals surface area contributed by atoms with Crippen molar-refractivity contribution in [1.29, 1.82) is 0 Å². The summed E-state index contributed by atoms with van der Waals surface area (Å²) in [6, 6.07) is 6.73. The largest absolute Gasteiger partial charge is 0.397 e. The summed E-state index contributed by atoms with van der Waals surface area (Å²) in [6.45, 7) is 4.23. The third-order valence-electron chi connectivity index (χ3n) is 3.24. The number of hydrogen-bond donors (Lipinski definition) is 1. The summed E-state index contributed by atoms with van der Waals surface area (Å²) in [7, 11) is 2.08. The third kappa shape index (κ3) is 2.82. The van der Waals surface area contributed by atoms with E-state index in [2.05, 4.69) is 41.4 Å². The molecule has 0 saturated carbocycles. The predicted octanol–water partition coefficient (Wildman–Crippen LogP) is 3.10. The third-order valence-corrected chi connectivity index (χ3v) is 4.13. The molecule has 2 heterocycles. The van der Waals surface area contributed by atoms with E-state index in [1.807, 2.05) is 13.0 Å². The number of thiophene rings is 1. The highest BCUT2D eigenvalue weighted by Crippen LogP contribution is 2.20.